The van der Waals surface area contributed by atoms with Gasteiger partial charge in [-0.15, -0.1) is 0 Å². The highest BCUT2D eigenvalue weighted by Gasteiger charge is 2.22. The maximum absolute atomic E-state index is 12.2. The Bertz CT molecular complexity index is 754. The van der Waals surface area contributed by atoms with Gasteiger partial charge in [-0.2, -0.15) is 4.98 Å². The fourth-order valence-corrected chi connectivity index (χ4v) is 3.47. The van der Waals surface area contributed by atoms with Crippen LogP contribution in [0, 0.1) is 12.8 Å². The van der Waals surface area contributed by atoms with Crippen molar-refractivity contribution in [1.29, 1.82) is 0 Å². The molecule has 1 saturated carbocycles. The van der Waals surface area contributed by atoms with E-state index in [1.54, 1.807) is 0 Å². The second kappa shape index (κ2) is 8.84. The fourth-order valence-electron chi connectivity index (χ4n) is 3.47. The summed E-state index contributed by atoms with van der Waals surface area (Å²) in [7, 11) is 3.97. The lowest BCUT2D eigenvalue weighted by Gasteiger charge is -2.29. The van der Waals surface area contributed by atoms with Crippen molar-refractivity contribution in [3.8, 4) is 0 Å². The summed E-state index contributed by atoms with van der Waals surface area (Å²) in [4.78, 5) is 23.3. The zero-order valence-electron chi connectivity index (χ0n) is 16.4. The number of hydrogen-bond acceptors (Lipinski definition) is 5. The van der Waals surface area contributed by atoms with Crippen LogP contribution in [0.5, 0.6) is 0 Å². The molecule has 3 rings (SSSR count). The summed E-state index contributed by atoms with van der Waals surface area (Å²) in [6.45, 7) is 2.73. The van der Waals surface area contributed by atoms with E-state index in [1.165, 1.54) is 0 Å². The van der Waals surface area contributed by atoms with Gasteiger partial charge in [-0.1, -0.05) is 18.2 Å². The van der Waals surface area contributed by atoms with E-state index in [-0.39, 0.29) is 5.91 Å². The van der Waals surface area contributed by atoms with Crippen LogP contribution in [-0.4, -0.2) is 42.6 Å². The second-order valence-corrected chi connectivity index (χ2v) is 7.52. The van der Waals surface area contributed by atoms with Crippen molar-refractivity contribution in [2.24, 2.45) is 5.92 Å². The molecule has 1 aromatic heterocycles. The Kier molecular flexibility index (Phi) is 6.27. The molecule has 0 atom stereocenters. The third-order valence-electron chi connectivity index (χ3n) is 5.07. The highest BCUT2D eigenvalue weighted by atomic mass is 16.1. The monoisotopic (exact) mass is 367 g/mol. The van der Waals surface area contributed by atoms with E-state index < -0.39 is 0 Å². The van der Waals surface area contributed by atoms with Gasteiger partial charge in [0.15, 0.2) is 0 Å². The first-order valence-corrected chi connectivity index (χ1v) is 9.64. The standard InChI is InChI=1S/C21H29N5O/c1-15-13-19(26(2)3)25-21(23-15)24-18-11-9-16(10-12-18)14-22-20(27)17-7-5-4-6-8-17/h4-8,13,16,18H,9-12,14H2,1-3H3,(H,22,27)(H,23,24,25)/t16-,18+. The van der Waals surface area contributed by atoms with Crippen molar-refractivity contribution < 1.29 is 4.79 Å². The molecule has 1 amide bonds. The fraction of sp³-hybridized carbons (Fsp3) is 0.476. The van der Waals surface area contributed by atoms with Crippen LogP contribution in [-0.2, 0) is 0 Å². The molecule has 6 heteroatoms. The minimum atomic E-state index is 0.0141. The number of carbonyl (C=O) groups excluding carboxylic acids is 1. The predicted octanol–water partition coefficient (Wildman–Crippen LogP) is 3.25. The number of carbonyl (C=O) groups is 1. The molecule has 2 aromatic rings. The van der Waals surface area contributed by atoms with Crippen LogP contribution < -0.4 is 15.5 Å². The molecule has 1 fully saturated rings. The van der Waals surface area contributed by atoms with E-state index in [1.807, 2.05) is 62.3 Å². The van der Waals surface area contributed by atoms with Gasteiger partial charge in [-0.25, -0.2) is 4.98 Å². The topological polar surface area (TPSA) is 70.2 Å². The lowest BCUT2D eigenvalue weighted by atomic mass is 9.86. The van der Waals surface area contributed by atoms with E-state index in [0.717, 1.165) is 49.3 Å². The maximum atomic E-state index is 12.2. The molecule has 0 saturated heterocycles. The van der Waals surface area contributed by atoms with Crippen LogP contribution in [0.25, 0.3) is 0 Å². The number of benzene rings is 1. The minimum Gasteiger partial charge on any atom is -0.363 e. The highest BCUT2D eigenvalue weighted by Crippen LogP contribution is 2.26. The molecule has 2 N–H and O–H groups in total. The van der Waals surface area contributed by atoms with Crippen molar-refractivity contribution >= 4 is 17.7 Å². The summed E-state index contributed by atoms with van der Waals surface area (Å²) >= 11 is 0. The average molecular weight is 367 g/mol. The molecule has 1 aromatic carbocycles. The van der Waals surface area contributed by atoms with Crippen molar-refractivity contribution in [3.05, 3.63) is 47.7 Å². The zero-order valence-corrected chi connectivity index (χ0v) is 16.4. The van der Waals surface area contributed by atoms with Gasteiger partial charge in [-0.05, 0) is 50.7 Å². The van der Waals surface area contributed by atoms with Gasteiger partial charge < -0.3 is 15.5 Å². The van der Waals surface area contributed by atoms with E-state index in [9.17, 15) is 4.79 Å². The summed E-state index contributed by atoms with van der Waals surface area (Å²) < 4.78 is 0. The molecule has 0 bridgehead atoms. The lowest BCUT2D eigenvalue weighted by molar-refractivity contribution is 0.0943. The molecular formula is C21H29N5O. The third kappa shape index (κ3) is 5.42. The molecular weight excluding hydrogens is 338 g/mol. The van der Waals surface area contributed by atoms with Crippen LogP contribution in [0.2, 0.25) is 0 Å². The van der Waals surface area contributed by atoms with Crippen LogP contribution >= 0.6 is 0 Å². The largest absolute Gasteiger partial charge is 0.363 e. The lowest BCUT2D eigenvalue weighted by Crippen LogP contribution is -2.34. The van der Waals surface area contributed by atoms with Crippen molar-refractivity contribution in [2.45, 2.75) is 38.6 Å². The Hall–Kier alpha value is -2.63. The molecule has 1 heterocycles. The van der Waals surface area contributed by atoms with E-state index in [0.29, 0.717) is 17.9 Å². The van der Waals surface area contributed by atoms with Crippen molar-refractivity contribution in [1.82, 2.24) is 15.3 Å². The van der Waals surface area contributed by atoms with Crippen LogP contribution in [0.15, 0.2) is 36.4 Å². The second-order valence-electron chi connectivity index (χ2n) is 7.52. The predicted molar refractivity (Wildman–Crippen MR) is 109 cm³/mol. The number of hydrogen-bond donors (Lipinski definition) is 2. The smallest absolute Gasteiger partial charge is 0.251 e. The summed E-state index contributed by atoms with van der Waals surface area (Å²) in [6, 6.07) is 11.8. The molecule has 144 valence electrons. The van der Waals surface area contributed by atoms with Crippen molar-refractivity contribution in [3.63, 3.8) is 0 Å². The first-order chi connectivity index (χ1) is 13.0. The zero-order chi connectivity index (χ0) is 19.2. The summed E-state index contributed by atoms with van der Waals surface area (Å²) in [5.41, 5.74) is 1.69. The molecule has 1 aliphatic carbocycles. The summed E-state index contributed by atoms with van der Waals surface area (Å²) in [6.07, 6.45) is 4.33. The normalized spacial score (nSPS) is 19.4. The van der Waals surface area contributed by atoms with Crippen LogP contribution in [0.4, 0.5) is 11.8 Å². The van der Waals surface area contributed by atoms with Gasteiger partial charge in [-0.3, -0.25) is 4.79 Å². The van der Waals surface area contributed by atoms with Gasteiger partial charge in [0, 0.05) is 44.0 Å². The van der Waals surface area contributed by atoms with Gasteiger partial charge in [0.05, 0.1) is 0 Å². The average Bonchev–Trinajstić information content (AvgIpc) is 2.67. The van der Waals surface area contributed by atoms with Gasteiger partial charge in [0.2, 0.25) is 5.95 Å². The molecule has 0 radical (unpaired) electrons. The Balaban J connectivity index is 1.46. The summed E-state index contributed by atoms with van der Waals surface area (Å²) in [5, 5.41) is 6.56. The van der Waals surface area contributed by atoms with Gasteiger partial charge >= 0.3 is 0 Å². The number of rotatable bonds is 6. The SMILES string of the molecule is Cc1cc(N(C)C)nc(N[C@H]2CC[C@@H](CNC(=O)c3ccccc3)CC2)n1. The Labute approximate surface area is 161 Å². The molecule has 6 nitrogen and oxygen atoms in total. The minimum absolute atomic E-state index is 0.0141. The van der Waals surface area contributed by atoms with Gasteiger partial charge in [0.25, 0.3) is 5.91 Å². The first-order valence-electron chi connectivity index (χ1n) is 9.64. The number of aromatic nitrogens is 2. The first kappa shape index (κ1) is 19.1. The highest BCUT2D eigenvalue weighted by molar-refractivity contribution is 5.94. The number of nitrogens with one attached hydrogen (secondary N) is 2. The number of anilines is 2. The van der Waals surface area contributed by atoms with Gasteiger partial charge in [0.1, 0.15) is 5.82 Å². The van der Waals surface area contributed by atoms with Crippen molar-refractivity contribution in [2.75, 3.05) is 30.9 Å². The molecule has 0 aliphatic heterocycles. The third-order valence-corrected chi connectivity index (χ3v) is 5.07. The quantitative estimate of drug-likeness (QED) is 0.820. The maximum Gasteiger partial charge on any atom is 0.251 e. The molecule has 0 unspecified atom stereocenters. The molecule has 27 heavy (non-hydrogen) atoms. The Morgan fingerprint density at radius 3 is 2.48 bits per heavy atom. The molecule has 0 spiro atoms. The van der Waals surface area contributed by atoms with E-state index in [4.69, 9.17) is 0 Å². The van der Waals surface area contributed by atoms with E-state index >= 15 is 0 Å². The Morgan fingerprint density at radius 1 is 1.11 bits per heavy atom. The Morgan fingerprint density at radius 2 is 1.81 bits per heavy atom. The number of aryl methyl sites for hydroxylation is 1. The number of amides is 1. The number of nitrogens with zero attached hydrogens (tertiary/aromatic N) is 3. The van der Waals surface area contributed by atoms with E-state index in [2.05, 4.69) is 20.6 Å². The van der Waals surface area contributed by atoms with Crippen LogP contribution in [0.3, 0.4) is 0 Å². The van der Waals surface area contributed by atoms with Crippen LogP contribution in [0.1, 0.15) is 41.7 Å². The molecule has 1 aliphatic rings. The summed E-state index contributed by atoms with van der Waals surface area (Å²) in [5.74, 6) is 2.17.